The topological polar surface area (TPSA) is 23.8 Å². The second-order valence-corrected chi connectivity index (χ2v) is 4.39. The lowest BCUT2D eigenvalue weighted by Gasteiger charge is -2.10. The molecule has 2 rings (SSSR count). The first-order valence-corrected chi connectivity index (χ1v) is 5.90. The maximum atomic E-state index is 13.6. The summed E-state index contributed by atoms with van der Waals surface area (Å²) in [6.07, 6.45) is 0.539. The molecule has 2 aromatic rings. The van der Waals surface area contributed by atoms with Crippen LogP contribution in [0.25, 0.3) is 0 Å². The minimum atomic E-state index is -0.436. The van der Waals surface area contributed by atoms with Crippen molar-refractivity contribution in [3.63, 3.8) is 0 Å². The summed E-state index contributed by atoms with van der Waals surface area (Å²) in [5.74, 6) is -0.745. The third-order valence-corrected chi connectivity index (χ3v) is 3.00. The second kappa shape index (κ2) is 5.46. The number of halogens is 1. The molecule has 2 aromatic carbocycles. The quantitative estimate of drug-likeness (QED) is 0.794. The van der Waals surface area contributed by atoms with E-state index in [1.807, 2.05) is 31.2 Å². The number of rotatable bonds is 3. The monoisotopic (exact) mass is 239 g/mol. The highest BCUT2D eigenvalue weighted by molar-refractivity contribution is 5.31. The van der Waals surface area contributed by atoms with E-state index in [1.165, 1.54) is 11.6 Å². The minimum Gasteiger partial charge on any atom is -0.207 e. The summed E-state index contributed by atoms with van der Waals surface area (Å²) >= 11 is 0. The van der Waals surface area contributed by atoms with Crippen molar-refractivity contribution in [2.24, 2.45) is 0 Å². The molecule has 0 fully saturated rings. The summed E-state index contributed by atoms with van der Waals surface area (Å²) in [5.41, 5.74) is 2.70. The highest BCUT2D eigenvalue weighted by Gasteiger charge is 2.15. The fraction of sp³-hybridized carbons (Fsp3) is 0.188. The molecule has 0 saturated carbocycles. The highest BCUT2D eigenvalue weighted by atomic mass is 19.1. The van der Waals surface area contributed by atoms with Crippen LogP contribution in [-0.2, 0) is 6.42 Å². The average molecular weight is 239 g/mol. The number of benzene rings is 2. The van der Waals surface area contributed by atoms with Gasteiger partial charge in [0.1, 0.15) is 5.82 Å². The van der Waals surface area contributed by atoms with Gasteiger partial charge in [0, 0.05) is 5.56 Å². The SMILES string of the molecule is Cc1ccc(CC(C#N)c2ccccc2F)cc1. The van der Waals surface area contributed by atoms with Gasteiger partial charge < -0.3 is 0 Å². The molecule has 2 heteroatoms. The lowest BCUT2D eigenvalue weighted by molar-refractivity contribution is 0.600. The Morgan fingerprint density at radius 2 is 1.78 bits per heavy atom. The van der Waals surface area contributed by atoms with Crippen LogP contribution in [-0.4, -0.2) is 0 Å². The summed E-state index contributed by atoms with van der Waals surface area (Å²) in [7, 11) is 0. The Morgan fingerprint density at radius 3 is 2.39 bits per heavy atom. The first kappa shape index (κ1) is 12.3. The zero-order valence-electron chi connectivity index (χ0n) is 10.2. The Balaban J connectivity index is 2.23. The van der Waals surface area contributed by atoms with Crippen LogP contribution in [0.3, 0.4) is 0 Å². The largest absolute Gasteiger partial charge is 0.207 e. The Labute approximate surface area is 107 Å². The molecule has 0 aliphatic heterocycles. The van der Waals surface area contributed by atoms with Crippen LogP contribution in [0.4, 0.5) is 4.39 Å². The first-order chi connectivity index (χ1) is 8.70. The van der Waals surface area contributed by atoms with Crippen LogP contribution < -0.4 is 0 Å². The van der Waals surface area contributed by atoms with Crippen LogP contribution in [0, 0.1) is 24.1 Å². The van der Waals surface area contributed by atoms with Gasteiger partial charge >= 0.3 is 0 Å². The molecule has 0 radical (unpaired) electrons. The van der Waals surface area contributed by atoms with E-state index in [0.29, 0.717) is 12.0 Å². The average Bonchev–Trinajstić information content (AvgIpc) is 2.39. The summed E-state index contributed by atoms with van der Waals surface area (Å²) < 4.78 is 13.6. The molecule has 1 atom stereocenters. The molecule has 0 saturated heterocycles. The van der Waals surface area contributed by atoms with Crippen molar-refractivity contribution >= 4 is 0 Å². The lowest BCUT2D eigenvalue weighted by atomic mass is 9.92. The predicted octanol–water partition coefficient (Wildman–Crippen LogP) is 3.98. The van der Waals surface area contributed by atoms with Gasteiger partial charge in [-0.15, -0.1) is 0 Å². The fourth-order valence-electron chi connectivity index (χ4n) is 1.94. The van der Waals surface area contributed by atoms with E-state index < -0.39 is 5.92 Å². The molecule has 0 bridgehead atoms. The van der Waals surface area contributed by atoms with Gasteiger partial charge in [0.15, 0.2) is 0 Å². The normalized spacial score (nSPS) is 11.8. The Kier molecular flexibility index (Phi) is 3.74. The number of hydrogen-bond acceptors (Lipinski definition) is 1. The first-order valence-electron chi connectivity index (χ1n) is 5.90. The van der Waals surface area contributed by atoms with Gasteiger partial charge in [-0.05, 0) is 25.0 Å². The summed E-state index contributed by atoms with van der Waals surface area (Å²) in [6.45, 7) is 2.02. The van der Waals surface area contributed by atoms with E-state index in [9.17, 15) is 9.65 Å². The molecule has 1 unspecified atom stereocenters. The van der Waals surface area contributed by atoms with E-state index in [1.54, 1.807) is 18.2 Å². The molecule has 0 spiro atoms. The molecule has 0 aliphatic rings. The second-order valence-electron chi connectivity index (χ2n) is 4.39. The summed E-state index contributed by atoms with van der Waals surface area (Å²) in [4.78, 5) is 0. The third kappa shape index (κ3) is 2.75. The van der Waals surface area contributed by atoms with Crippen molar-refractivity contribution in [2.75, 3.05) is 0 Å². The summed E-state index contributed by atoms with van der Waals surface area (Å²) in [5, 5.41) is 9.20. The molecule has 18 heavy (non-hydrogen) atoms. The van der Waals surface area contributed by atoms with Gasteiger partial charge in [-0.3, -0.25) is 0 Å². The van der Waals surface area contributed by atoms with Gasteiger partial charge in [0.05, 0.1) is 12.0 Å². The summed E-state index contributed by atoms with van der Waals surface area (Å²) in [6, 6.07) is 16.6. The maximum Gasteiger partial charge on any atom is 0.127 e. The van der Waals surface area contributed by atoms with E-state index >= 15 is 0 Å². The molecule has 0 heterocycles. The van der Waals surface area contributed by atoms with Crippen molar-refractivity contribution in [1.82, 2.24) is 0 Å². The van der Waals surface area contributed by atoms with E-state index in [0.717, 1.165) is 5.56 Å². The van der Waals surface area contributed by atoms with Crippen LogP contribution in [0.1, 0.15) is 22.6 Å². The number of aryl methyl sites for hydroxylation is 1. The van der Waals surface area contributed by atoms with Gasteiger partial charge in [0.2, 0.25) is 0 Å². The Morgan fingerprint density at radius 1 is 1.11 bits per heavy atom. The number of nitrogens with zero attached hydrogens (tertiary/aromatic N) is 1. The lowest BCUT2D eigenvalue weighted by Crippen LogP contribution is -2.03. The molecule has 0 aliphatic carbocycles. The smallest absolute Gasteiger partial charge is 0.127 e. The van der Waals surface area contributed by atoms with Crippen molar-refractivity contribution in [3.05, 3.63) is 71.0 Å². The molecule has 0 aromatic heterocycles. The van der Waals surface area contributed by atoms with Crippen LogP contribution >= 0.6 is 0 Å². The minimum absolute atomic E-state index is 0.309. The zero-order valence-corrected chi connectivity index (χ0v) is 10.2. The Hall–Kier alpha value is -2.14. The van der Waals surface area contributed by atoms with Crippen molar-refractivity contribution in [3.8, 4) is 6.07 Å². The van der Waals surface area contributed by atoms with Gasteiger partial charge in [0.25, 0.3) is 0 Å². The molecule has 1 nitrogen and oxygen atoms in total. The fourth-order valence-corrected chi connectivity index (χ4v) is 1.94. The number of hydrogen-bond donors (Lipinski definition) is 0. The van der Waals surface area contributed by atoms with Gasteiger partial charge in [-0.2, -0.15) is 5.26 Å². The van der Waals surface area contributed by atoms with Crippen LogP contribution in [0.5, 0.6) is 0 Å². The standard InChI is InChI=1S/C16H14FN/c1-12-6-8-13(9-7-12)10-14(11-18)15-4-2-3-5-16(15)17/h2-9,14H,10H2,1H3. The molecule has 0 amide bonds. The van der Waals surface area contributed by atoms with Crippen molar-refractivity contribution < 1.29 is 4.39 Å². The predicted molar refractivity (Wildman–Crippen MR) is 69.6 cm³/mol. The number of nitriles is 1. The van der Waals surface area contributed by atoms with Crippen molar-refractivity contribution in [2.45, 2.75) is 19.3 Å². The van der Waals surface area contributed by atoms with E-state index in [4.69, 9.17) is 0 Å². The van der Waals surface area contributed by atoms with Gasteiger partial charge in [-0.1, -0.05) is 48.0 Å². The molecular weight excluding hydrogens is 225 g/mol. The maximum absolute atomic E-state index is 13.6. The van der Waals surface area contributed by atoms with Crippen LogP contribution in [0.15, 0.2) is 48.5 Å². The van der Waals surface area contributed by atoms with Gasteiger partial charge in [-0.25, -0.2) is 4.39 Å². The third-order valence-electron chi connectivity index (χ3n) is 3.00. The van der Waals surface area contributed by atoms with E-state index in [2.05, 4.69) is 6.07 Å². The molecular formula is C16H14FN. The molecule has 90 valence electrons. The van der Waals surface area contributed by atoms with E-state index in [-0.39, 0.29) is 5.82 Å². The Bertz CT molecular complexity index is 566. The molecule has 0 N–H and O–H groups in total. The van der Waals surface area contributed by atoms with Crippen LogP contribution in [0.2, 0.25) is 0 Å². The highest BCUT2D eigenvalue weighted by Crippen LogP contribution is 2.22. The zero-order chi connectivity index (χ0) is 13.0. The van der Waals surface area contributed by atoms with Crippen molar-refractivity contribution in [1.29, 1.82) is 5.26 Å².